The van der Waals surface area contributed by atoms with E-state index in [9.17, 15) is 0 Å². The van der Waals surface area contributed by atoms with Gasteiger partial charge < -0.3 is 14.8 Å². The average Bonchev–Trinajstić information content (AvgIpc) is 2.40. The van der Waals surface area contributed by atoms with Crippen LogP contribution in [0.25, 0.3) is 0 Å². The summed E-state index contributed by atoms with van der Waals surface area (Å²) in [5, 5.41) is 3.64. The van der Waals surface area contributed by atoms with Crippen LogP contribution in [0.2, 0.25) is 0 Å². The van der Waals surface area contributed by atoms with E-state index in [0.717, 1.165) is 39.4 Å². The molecule has 2 fully saturated rings. The normalized spacial score (nSPS) is 31.9. The Labute approximate surface area is 86.2 Å². The van der Waals surface area contributed by atoms with Crippen molar-refractivity contribution in [3.63, 3.8) is 0 Å². The van der Waals surface area contributed by atoms with Crippen molar-refractivity contribution in [2.45, 2.75) is 32.2 Å². The molecule has 1 unspecified atom stereocenters. The van der Waals surface area contributed by atoms with Crippen LogP contribution in [0.15, 0.2) is 0 Å². The minimum atomic E-state index is 0.396. The Bertz CT molecular complexity index is 172. The molecule has 2 rings (SSSR count). The zero-order valence-corrected chi connectivity index (χ0v) is 9.05. The summed E-state index contributed by atoms with van der Waals surface area (Å²) in [5.74, 6) is 0. The largest absolute Gasteiger partial charge is 0.381 e. The molecule has 0 radical (unpaired) electrons. The minimum absolute atomic E-state index is 0.396. The first-order chi connectivity index (χ1) is 6.79. The van der Waals surface area contributed by atoms with Crippen LogP contribution in [0.4, 0.5) is 0 Å². The smallest absolute Gasteiger partial charge is 0.0554 e. The highest BCUT2D eigenvalue weighted by molar-refractivity contribution is 4.84. The Hall–Kier alpha value is -0.120. The molecule has 3 nitrogen and oxygen atoms in total. The summed E-state index contributed by atoms with van der Waals surface area (Å²) in [6.07, 6.45) is 3.62. The van der Waals surface area contributed by atoms with Crippen molar-refractivity contribution in [3.05, 3.63) is 0 Å². The molecule has 0 aromatic heterocycles. The van der Waals surface area contributed by atoms with Crippen molar-refractivity contribution in [2.24, 2.45) is 5.41 Å². The maximum Gasteiger partial charge on any atom is 0.0554 e. The first kappa shape index (κ1) is 10.4. The van der Waals surface area contributed by atoms with Gasteiger partial charge in [0.15, 0.2) is 0 Å². The highest BCUT2D eigenvalue weighted by atomic mass is 16.5. The van der Waals surface area contributed by atoms with Crippen LogP contribution in [0.3, 0.4) is 0 Å². The highest BCUT2D eigenvalue weighted by Gasteiger charge is 2.33. The van der Waals surface area contributed by atoms with E-state index in [1.165, 1.54) is 12.8 Å². The lowest BCUT2D eigenvalue weighted by Gasteiger charge is -2.39. The molecule has 14 heavy (non-hydrogen) atoms. The quantitative estimate of drug-likeness (QED) is 0.740. The van der Waals surface area contributed by atoms with E-state index >= 15 is 0 Å². The predicted octanol–water partition coefficient (Wildman–Crippen LogP) is 1.18. The molecule has 0 aliphatic carbocycles. The SMILES string of the molecule is CC1(CNC2CCCOCC2)COC1. The monoisotopic (exact) mass is 199 g/mol. The Morgan fingerprint density at radius 1 is 1.21 bits per heavy atom. The van der Waals surface area contributed by atoms with Crippen LogP contribution in [0.1, 0.15) is 26.2 Å². The van der Waals surface area contributed by atoms with E-state index < -0.39 is 0 Å². The third-order valence-electron chi connectivity index (χ3n) is 3.17. The lowest BCUT2D eigenvalue weighted by molar-refractivity contribution is -0.100. The Morgan fingerprint density at radius 3 is 2.79 bits per heavy atom. The fourth-order valence-electron chi connectivity index (χ4n) is 2.05. The summed E-state index contributed by atoms with van der Waals surface area (Å²) in [4.78, 5) is 0. The summed E-state index contributed by atoms with van der Waals surface area (Å²) in [7, 11) is 0. The molecular formula is C11H21NO2. The molecule has 0 aromatic rings. The standard InChI is InChI=1S/C11H21NO2/c1-11(8-14-9-11)7-12-10-3-2-5-13-6-4-10/h10,12H,2-9H2,1H3. The maximum absolute atomic E-state index is 5.43. The summed E-state index contributed by atoms with van der Waals surface area (Å²) >= 11 is 0. The van der Waals surface area contributed by atoms with Gasteiger partial charge >= 0.3 is 0 Å². The topological polar surface area (TPSA) is 30.5 Å². The summed E-state index contributed by atoms with van der Waals surface area (Å²) in [6, 6.07) is 0.662. The molecule has 0 saturated carbocycles. The first-order valence-corrected chi connectivity index (χ1v) is 5.67. The predicted molar refractivity (Wildman–Crippen MR) is 55.4 cm³/mol. The van der Waals surface area contributed by atoms with Gasteiger partial charge in [-0.05, 0) is 19.3 Å². The fraction of sp³-hybridized carbons (Fsp3) is 1.00. The number of rotatable bonds is 3. The highest BCUT2D eigenvalue weighted by Crippen LogP contribution is 2.25. The van der Waals surface area contributed by atoms with E-state index in [4.69, 9.17) is 9.47 Å². The van der Waals surface area contributed by atoms with E-state index in [2.05, 4.69) is 12.2 Å². The molecule has 0 bridgehead atoms. The van der Waals surface area contributed by atoms with Crippen LogP contribution in [-0.4, -0.2) is 39.0 Å². The van der Waals surface area contributed by atoms with Crippen molar-refractivity contribution in [2.75, 3.05) is 33.0 Å². The van der Waals surface area contributed by atoms with Crippen LogP contribution in [0, 0.1) is 5.41 Å². The van der Waals surface area contributed by atoms with Crippen molar-refractivity contribution in [3.8, 4) is 0 Å². The Balaban J connectivity index is 1.68. The van der Waals surface area contributed by atoms with Gasteiger partial charge in [-0.3, -0.25) is 0 Å². The second-order valence-corrected chi connectivity index (χ2v) is 4.92. The van der Waals surface area contributed by atoms with Crippen molar-refractivity contribution in [1.29, 1.82) is 0 Å². The molecule has 2 aliphatic heterocycles. The van der Waals surface area contributed by atoms with Gasteiger partial charge in [0.25, 0.3) is 0 Å². The van der Waals surface area contributed by atoms with Crippen LogP contribution in [0.5, 0.6) is 0 Å². The molecule has 82 valence electrons. The Morgan fingerprint density at radius 2 is 2.07 bits per heavy atom. The van der Waals surface area contributed by atoms with E-state index in [1.807, 2.05) is 0 Å². The molecule has 0 amide bonds. The van der Waals surface area contributed by atoms with E-state index in [1.54, 1.807) is 0 Å². The lowest BCUT2D eigenvalue weighted by Crippen LogP contribution is -2.49. The van der Waals surface area contributed by atoms with E-state index in [-0.39, 0.29) is 0 Å². The van der Waals surface area contributed by atoms with Gasteiger partial charge in [0, 0.05) is 31.2 Å². The molecular weight excluding hydrogens is 178 g/mol. The summed E-state index contributed by atoms with van der Waals surface area (Å²) in [6.45, 7) is 7.09. The Kier molecular flexibility index (Phi) is 3.42. The van der Waals surface area contributed by atoms with Gasteiger partial charge in [0.1, 0.15) is 0 Å². The van der Waals surface area contributed by atoms with Crippen molar-refractivity contribution >= 4 is 0 Å². The van der Waals surface area contributed by atoms with Gasteiger partial charge in [-0.1, -0.05) is 6.92 Å². The molecule has 1 N–H and O–H groups in total. The molecule has 0 spiro atoms. The van der Waals surface area contributed by atoms with Crippen LogP contribution in [-0.2, 0) is 9.47 Å². The van der Waals surface area contributed by atoms with Gasteiger partial charge in [-0.2, -0.15) is 0 Å². The molecule has 3 heteroatoms. The third-order valence-corrected chi connectivity index (χ3v) is 3.17. The molecule has 2 saturated heterocycles. The number of ether oxygens (including phenoxy) is 2. The fourth-order valence-corrected chi connectivity index (χ4v) is 2.05. The van der Waals surface area contributed by atoms with Crippen molar-refractivity contribution in [1.82, 2.24) is 5.32 Å². The lowest BCUT2D eigenvalue weighted by atomic mass is 9.88. The van der Waals surface area contributed by atoms with Crippen LogP contribution >= 0.6 is 0 Å². The second kappa shape index (κ2) is 4.60. The summed E-state index contributed by atoms with van der Waals surface area (Å²) in [5.41, 5.74) is 0.396. The summed E-state index contributed by atoms with van der Waals surface area (Å²) < 4.78 is 10.7. The van der Waals surface area contributed by atoms with Gasteiger partial charge in [0.2, 0.25) is 0 Å². The molecule has 1 atom stereocenters. The minimum Gasteiger partial charge on any atom is -0.381 e. The molecule has 0 aromatic carbocycles. The average molecular weight is 199 g/mol. The zero-order chi connectivity index (χ0) is 9.86. The van der Waals surface area contributed by atoms with Gasteiger partial charge in [-0.25, -0.2) is 0 Å². The van der Waals surface area contributed by atoms with Gasteiger partial charge in [0.05, 0.1) is 13.2 Å². The zero-order valence-electron chi connectivity index (χ0n) is 9.05. The number of hydrogen-bond acceptors (Lipinski definition) is 3. The van der Waals surface area contributed by atoms with E-state index in [0.29, 0.717) is 11.5 Å². The van der Waals surface area contributed by atoms with Gasteiger partial charge in [-0.15, -0.1) is 0 Å². The van der Waals surface area contributed by atoms with Crippen LogP contribution < -0.4 is 5.32 Å². The number of hydrogen-bond donors (Lipinski definition) is 1. The number of nitrogens with one attached hydrogen (secondary N) is 1. The maximum atomic E-state index is 5.43. The molecule has 2 heterocycles. The van der Waals surface area contributed by atoms with Crippen molar-refractivity contribution < 1.29 is 9.47 Å². The first-order valence-electron chi connectivity index (χ1n) is 5.67. The third kappa shape index (κ3) is 2.69. The second-order valence-electron chi connectivity index (χ2n) is 4.92. The molecule has 2 aliphatic rings.